The standard InChI is InChI=1S/C34H52N2O8/c1-21(7-10-29-23(3)17-28(25(5)43-29)35-31(38)12-9-24(4)42-26(6)37)8-11-30-33(40)34(20-41-34)19-27(44-30)18-32(39)36-15-13-22(2)14-16-36/h7-9,11-12,22-25,27-30,33,40H,10,13-20H2,1-6H3,(H,35,38)/b11-8+,12-9-,21-7+/t23-,24-,25+,27+,28+,29-,30+,33+,34+/m0/s1. The molecule has 0 saturated carbocycles. The highest BCUT2D eigenvalue weighted by atomic mass is 16.6. The zero-order valence-corrected chi connectivity index (χ0v) is 27.2. The number of allylic oxidation sites excluding steroid dienone is 2. The van der Waals surface area contributed by atoms with E-state index >= 15 is 0 Å². The molecule has 0 aromatic heterocycles. The van der Waals surface area contributed by atoms with Crippen LogP contribution in [0.2, 0.25) is 0 Å². The summed E-state index contributed by atoms with van der Waals surface area (Å²) in [5.74, 6) is 0.376. The fourth-order valence-electron chi connectivity index (χ4n) is 6.47. The van der Waals surface area contributed by atoms with Crippen molar-refractivity contribution in [2.24, 2.45) is 11.8 Å². The summed E-state index contributed by atoms with van der Waals surface area (Å²) in [7, 11) is 0. The largest absolute Gasteiger partial charge is 0.459 e. The topological polar surface area (TPSA) is 127 Å². The number of likely N-dealkylation sites (tertiary alicyclic amines) is 1. The Morgan fingerprint density at radius 3 is 2.48 bits per heavy atom. The molecule has 0 bridgehead atoms. The molecule has 4 aliphatic heterocycles. The van der Waals surface area contributed by atoms with E-state index in [1.165, 1.54) is 13.0 Å². The molecule has 0 aliphatic carbocycles. The Morgan fingerprint density at radius 1 is 1.11 bits per heavy atom. The van der Waals surface area contributed by atoms with E-state index in [0.29, 0.717) is 25.4 Å². The van der Waals surface area contributed by atoms with Crippen molar-refractivity contribution >= 4 is 17.8 Å². The monoisotopic (exact) mass is 616 g/mol. The minimum absolute atomic E-state index is 0.00820. The summed E-state index contributed by atoms with van der Waals surface area (Å²) in [5.41, 5.74) is 0.411. The zero-order chi connectivity index (χ0) is 32.0. The molecule has 44 heavy (non-hydrogen) atoms. The molecule has 0 aromatic rings. The third-order valence-electron chi connectivity index (χ3n) is 9.46. The van der Waals surface area contributed by atoms with Crippen LogP contribution in [0.3, 0.4) is 0 Å². The molecule has 246 valence electrons. The average molecular weight is 617 g/mol. The second-order valence-corrected chi connectivity index (χ2v) is 13.4. The van der Waals surface area contributed by atoms with Gasteiger partial charge in [-0.1, -0.05) is 37.6 Å². The molecule has 10 heteroatoms. The predicted octanol–water partition coefficient (Wildman–Crippen LogP) is 3.62. The first kappa shape index (κ1) is 34.3. The number of nitrogens with zero attached hydrogens (tertiary/aromatic N) is 1. The lowest BCUT2D eigenvalue weighted by atomic mass is 9.87. The van der Waals surface area contributed by atoms with Gasteiger partial charge in [-0.05, 0) is 64.4 Å². The number of esters is 1. The number of aliphatic hydroxyl groups is 1. The van der Waals surface area contributed by atoms with Crippen LogP contribution in [0, 0.1) is 11.8 Å². The fraction of sp³-hybridized carbons (Fsp3) is 0.735. The molecule has 4 heterocycles. The van der Waals surface area contributed by atoms with Crippen LogP contribution in [0.4, 0.5) is 0 Å². The highest BCUT2D eigenvalue weighted by Crippen LogP contribution is 2.43. The Balaban J connectivity index is 1.26. The van der Waals surface area contributed by atoms with Gasteiger partial charge in [-0.2, -0.15) is 0 Å². The minimum atomic E-state index is -0.775. The molecule has 10 nitrogen and oxygen atoms in total. The minimum Gasteiger partial charge on any atom is -0.459 e. The van der Waals surface area contributed by atoms with E-state index in [2.05, 4.69) is 25.2 Å². The second kappa shape index (κ2) is 15.2. The molecule has 4 rings (SSSR count). The first-order valence-corrected chi connectivity index (χ1v) is 16.3. The van der Waals surface area contributed by atoms with Crippen LogP contribution < -0.4 is 5.32 Å². The van der Waals surface area contributed by atoms with Gasteiger partial charge in [0, 0.05) is 32.5 Å². The Morgan fingerprint density at radius 2 is 1.82 bits per heavy atom. The third-order valence-corrected chi connectivity index (χ3v) is 9.46. The van der Waals surface area contributed by atoms with E-state index in [0.717, 1.165) is 44.3 Å². The van der Waals surface area contributed by atoms with Gasteiger partial charge in [-0.25, -0.2) is 0 Å². The van der Waals surface area contributed by atoms with E-state index < -0.39 is 29.9 Å². The molecule has 2 amide bonds. The van der Waals surface area contributed by atoms with Crippen molar-refractivity contribution in [2.45, 2.75) is 128 Å². The van der Waals surface area contributed by atoms with Gasteiger partial charge in [0.05, 0.1) is 37.4 Å². The van der Waals surface area contributed by atoms with Gasteiger partial charge >= 0.3 is 5.97 Å². The van der Waals surface area contributed by atoms with Crippen molar-refractivity contribution in [3.8, 4) is 0 Å². The number of aliphatic hydroxyl groups excluding tert-OH is 1. The fourth-order valence-corrected chi connectivity index (χ4v) is 6.47. The van der Waals surface area contributed by atoms with E-state index in [1.54, 1.807) is 13.0 Å². The lowest BCUT2D eigenvalue weighted by Gasteiger charge is -2.39. The van der Waals surface area contributed by atoms with Crippen LogP contribution >= 0.6 is 0 Å². The first-order valence-electron chi connectivity index (χ1n) is 16.3. The molecule has 4 fully saturated rings. The lowest BCUT2D eigenvalue weighted by molar-refractivity contribution is -0.152. The van der Waals surface area contributed by atoms with E-state index in [9.17, 15) is 19.5 Å². The van der Waals surface area contributed by atoms with Crippen molar-refractivity contribution < 1.29 is 38.4 Å². The van der Waals surface area contributed by atoms with Crippen LogP contribution in [0.1, 0.15) is 80.1 Å². The number of rotatable bonds is 10. The number of nitrogens with one attached hydrogen (secondary N) is 1. The van der Waals surface area contributed by atoms with E-state index in [4.69, 9.17) is 18.9 Å². The number of piperidine rings is 1. The summed E-state index contributed by atoms with van der Waals surface area (Å²) in [6, 6.07) is -0.118. The summed E-state index contributed by atoms with van der Waals surface area (Å²) in [6.45, 7) is 13.5. The average Bonchev–Trinajstić information content (AvgIpc) is 3.74. The second-order valence-electron chi connectivity index (χ2n) is 13.4. The lowest BCUT2D eigenvalue weighted by Crippen LogP contribution is -2.51. The Labute approximate surface area is 262 Å². The summed E-state index contributed by atoms with van der Waals surface area (Å²) in [4.78, 5) is 38.4. The van der Waals surface area contributed by atoms with Gasteiger partial charge in [0.2, 0.25) is 11.8 Å². The zero-order valence-electron chi connectivity index (χ0n) is 27.2. The highest BCUT2D eigenvalue weighted by Gasteiger charge is 2.58. The molecule has 0 aromatic carbocycles. The molecular formula is C34H52N2O8. The van der Waals surface area contributed by atoms with Crippen molar-refractivity contribution in [3.05, 3.63) is 36.0 Å². The van der Waals surface area contributed by atoms with Crippen molar-refractivity contribution in [1.29, 1.82) is 0 Å². The third kappa shape index (κ3) is 9.49. The number of ether oxygens (including phenoxy) is 4. The van der Waals surface area contributed by atoms with Crippen LogP contribution in [0.5, 0.6) is 0 Å². The van der Waals surface area contributed by atoms with Crippen LogP contribution in [-0.4, -0.2) is 95.8 Å². The molecule has 2 N–H and O–H groups in total. The van der Waals surface area contributed by atoms with Gasteiger partial charge in [-0.15, -0.1) is 0 Å². The normalized spacial score (nSPS) is 35.7. The number of epoxide rings is 1. The molecule has 0 radical (unpaired) electrons. The number of carbonyl (C=O) groups is 3. The van der Waals surface area contributed by atoms with Crippen LogP contribution in [-0.2, 0) is 33.3 Å². The number of hydrogen-bond donors (Lipinski definition) is 2. The summed E-state index contributed by atoms with van der Waals surface area (Å²) >= 11 is 0. The Hall–Kier alpha value is -2.53. The van der Waals surface area contributed by atoms with E-state index in [-0.39, 0.29) is 42.1 Å². The van der Waals surface area contributed by atoms with Crippen molar-refractivity contribution in [3.63, 3.8) is 0 Å². The van der Waals surface area contributed by atoms with Crippen molar-refractivity contribution in [2.75, 3.05) is 19.7 Å². The van der Waals surface area contributed by atoms with Gasteiger partial charge < -0.3 is 34.3 Å². The van der Waals surface area contributed by atoms with Gasteiger partial charge in [0.25, 0.3) is 0 Å². The predicted molar refractivity (Wildman–Crippen MR) is 165 cm³/mol. The highest BCUT2D eigenvalue weighted by molar-refractivity contribution is 5.87. The number of amides is 2. The quantitative estimate of drug-likeness (QED) is 0.165. The summed E-state index contributed by atoms with van der Waals surface area (Å²) in [5, 5.41) is 14.0. The Kier molecular flexibility index (Phi) is 11.8. The molecule has 4 saturated heterocycles. The van der Waals surface area contributed by atoms with Crippen molar-refractivity contribution in [1.82, 2.24) is 10.2 Å². The number of carbonyl (C=O) groups excluding carboxylic acids is 3. The van der Waals surface area contributed by atoms with Crippen LogP contribution in [0.25, 0.3) is 0 Å². The molecule has 0 unspecified atom stereocenters. The summed E-state index contributed by atoms with van der Waals surface area (Å²) in [6.07, 6.45) is 11.1. The van der Waals surface area contributed by atoms with Gasteiger partial charge in [0.1, 0.15) is 23.9 Å². The number of hydrogen-bond acceptors (Lipinski definition) is 8. The van der Waals surface area contributed by atoms with Gasteiger partial charge in [0.15, 0.2) is 0 Å². The molecule has 1 spiro atoms. The van der Waals surface area contributed by atoms with Crippen LogP contribution in [0.15, 0.2) is 36.0 Å². The SMILES string of the molecule is CC(=O)O[C@@H](C)/C=C\C(=O)N[C@@H]1C[C@H](C)[C@H](C/C=C(C)/C=C/[C@H]2O[C@H](CC(=O)N3CCC(C)CC3)C[C@@]3(CO3)[C@@H]2O)O[C@@H]1C. The first-order chi connectivity index (χ1) is 20.8. The smallest absolute Gasteiger partial charge is 0.303 e. The maximum Gasteiger partial charge on any atom is 0.303 e. The molecule has 4 aliphatic rings. The molecular weight excluding hydrogens is 564 g/mol. The van der Waals surface area contributed by atoms with Gasteiger partial charge in [-0.3, -0.25) is 14.4 Å². The van der Waals surface area contributed by atoms with E-state index in [1.807, 2.05) is 30.9 Å². The summed E-state index contributed by atoms with van der Waals surface area (Å²) < 4.78 is 23.3. The Bertz CT molecular complexity index is 1110. The maximum absolute atomic E-state index is 13.0. The molecule has 9 atom stereocenters. The maximum atomic E-state index is 13.0.